The monoisotopic (exact) mass is 490 g/mol. The van der Waals surface area contributed by atoms with Gasteiger partial charge in [-0.1, -0.05) is 0 Å². The van der Waals surface area contributed by atoms with Crippen molar-refractivity contribution < 1.29 is 96.1 Å². The summed E-state index contributed by atoms with van der Waals surface area (Å²) in [5.74, 6) is -2.86. The number of aromatic amines is 1. The summed E-state index contributed by atoms with van der Waals surface area (Å²) >= 11 is 0. The Labute approximate surface area is 243 Å². The van der Waals surface area contributed by atoms with Crippen LogP contribution in [0, 0.1) is 0 Å². The zero-order valence-corrected chi connectivity index (χ0v) is 22.7. The van der Waals surface area contributed by atoms with Crippen LogP contribution < -0.4 is 80.5 Å². The largest absolute Gasteiger partial charge is 1.00 e. The van der Waals surface area contributed by atoms with E-state index < -0.39 is 17.8 Å². The van der Waals surface area contributed by atoms with Crippen molar-refractivity contribution >= 4 is 46.5 Å². The van der Waals surface area contributed by atoms with E-state index in [9.17, 15) is 29.7 Å². The first kappa shape index (κ1) is 26.7. The average Bonchev–Trinajstić information content (AvgIpc) is 3.44. The number of rotatable bonds is 4. The van der Waals surface area contributed by atoms with Gasteiger partial charge in [0.05, 0.1) is 22.1 Å². The van der Waals surface area contributed by atoms with Crippen LogP contribution >= 0.6 is 0 Å². The summed E-state index contributed by atoms with van der Waals surface area (Å²) in [5.41, 5.74) is 1.89. The van der Waals surface area contributed by atoms with Crippen LogP contribution in [0.4, 0.5) is 0 Å². The maximum atomic E-state index is 12.3. The van der Waals surface area contributed by atoms with E-state index in [0.29, 0.717) is 37.9 Å². The van der Waals surface area contributed by atoms with Gasteiger partial charge in [-0.15, -0.1) is 0 Å². The number of aromatic carboxylic acids is 2. The maximum Gasteiger partial charge on any atom is 1.00 e. The summed E-state index contributed by atoms with van der Waals surface area (Å²) in [4.78, 5) is 41.6. The van der Waals surface area contributed by atoms with Crippen molar-refractivity contribution in [3.63, 3.8) is 0 Å². The number of furan rings is 1. The third-order valence-electron chi connectivity index (χ3n) is 5.27. The Balaban J connectivity index is 0.00000171. The Morgan fingerprint density at radius 1 is 0.914 bits per heavy atom. The summed E-state index contributed by atoms with van der Waals surface area (Å²) in [7, 11) is 0. The fourth-order valence-electron chi connectivity index (χ4n) is 3.69. The molecule has 0 fully saturated rings. The number of benzene rings is 2. The molecule has 4 aromatic rings. The van der Waals surface area contributed by atoms with Gasteiger partial charge in [0.25, 0.3) is 5.91 Å². The molecule has 9 nitrogen and oxygen atoms in total. The normalized spacial score (nSPS) is 13.3. The Morgan fingerprint density at radius 3 is 2.23 bits per heavy atom. The fraction of sp³-hybridized carbons (Fsp3) is 0. The quantitative estimate of drug-likeness (QED) is 0.209. The summed E-state index contributed by atoms with van der Waals surface area (Å²) in [6.07, 6.45) is 3.01. The Kier molecular flexibility index (Phi) is 7.90. The number of aromatic hydroxyl groups is 1. The van der Waals surface area contributed by atoms with Gasteiger partial charge in [-0.3, -0.25) is 4.79 Å². The number of hydrogen-bond acceptors (Lipinski definition) is 5. The molecule has 0 aliphatic carbocycles. The molecule has 5 rings (SSSR count). The van der Waals surface area contributed by atoms with Crippen LogP contribution in [0.5, 0.6) is 5.88 Å². The molecular weight excluding hydrogens is 474 g/mol. The molecule has 1 aliphatic rings. The Hall–Kier alpha value is -2.92. The molecule has 0 saturated heterocycles. The number of H-pyrrole nitrogens is 1. The first-order chi connectivity index (χ1) is 15.8. The zero-order chi connectivity index (χ0) is 23.3. The van der Waals surface area contributed by atoms with Gasteiger partial charge in [0.2, 0.25) is 0 Å². The molecule has 11 heteroatoms. The first-order valence-electron chi connectivity index (χ1n) is 9.68. The zero-order valence-electron chi connectivity index (χ0n) is 20.7. The molecule has 0 radical (unpaired) electrons. The van der Waals surface area contributed by atoms with Crippen molar-refractivity contribution in [1.29, 1.82) is 0 Å². The molecule has 1 amide bonds. The number of aromatic nitrogens is 1. The van der Waals surface area contributed by atoms with Gasteiger partial charge >= 0.3 is 71.1 Å². The van der Waals surface area contributed by atoms with Crippen LogP contribution in [0.3, 0.4) is 0 Å². The predicted molar refractivity (Wildman–Crippen MR) is 118 cm³/mol. The van der Waals surface area contributed by atoms with Gasteiger partial charge in [0.15, 0.2) is 5.88 Å². The van der Waals surface area contributed by atoms with Crippen molar-refractivity contribution in [1.82, 2.24) is 4.98 Å². The van der Waals surface area contributed by atoms with Crippen LogP contribution in [0.25, 0.3) is 28.6 Å². The predicted octanol–water partition coefficient (Wildman–Crippen LogP) is -5.28. The standard InChI is InChI=1S/C24H14N2O7.2Na.2H/c27-21-17(15-7-11(23(29)30)1-5-19(15)25-21)9-13-3-4-14(33-13)10-18-16-8-12(24(31)32)2-6-20(16)26-22(18)28;;;;/h1-10,25,27H,(H,29,30)(H,31,32);;;;/q;2*+1;2*-1. The van der Waals surface area contributed by atoms with Crippen LogP contribution in [-0.2, 0) is 4.79 Å². The van der Waals surface area contributed by atoms with Gasteiger partial charge in [-0.05, 0) is 60.7 Å². The van der Waals surface area contributed by atoms with E-state index in [0.717, 1.165) is 0 Å². The topological polar surface area (TPSA) is 153 Å². The number of fused-ring (bicyclic) bond motifs is 2. The minimum Gasteiger partial charge on any atom is -1.00 e. The summed E-state index contributed by atoms with van der Waals surface area (Å²) in [6, 6.07) is 11.9. The summed E-state index contributed by atoms with van der Waals surface area (Å²) in [5, 5.41) is 30.0. The maximum absolute atomic E-state index is 12.3. The molecule has 4 N–H and O–H groups in total. The second kappa shape index (κ2) is 10.4. The van der Waals surface area contributed by atoms with Gasteiger partial charge in [-0.2, -0.15) is 0 Å². The molecule has 0 spiro atoms. The molecule has 2 aromatic carbocycles. The van der Waals surface area contributed by atoms with E-state index in [2.05, 4.69) is 9.98 Å². The van der Waals surface area contributed by atoms with Gasteiger partial charge < -0.3 is 27.6 Å². The number of carboxylic acid groups (broad SMARTS) is 2. The molecule has 0 bridgehead atoms. The molecular formula is C24H16N2Na2O7. The van der Waals surface area contributed by atoms with E-state index in [-0.39, 0.29) is 84.5 Å². The number of carboxylic acids is 2. The summed E-state index contributed by atoms with van der Waals surface area (Å²) in [6.45, 7) is 0. The molecule has 2 aromatic heterocycles. The number of carbonyl (C=O) groups excluding carboxylic acids is 1. The SMILES string of the molecule is O=C1N=c2ccc(C(=O)O)cc2=C1C=c1ccc(=Cc2c(O)[nH]c3ccc(C(=O)O)cc23)o1.[H-].[H-].[Na+].[Na+]. The van der Waals surface area contributed by atoms with Crippen molar-refractivity contribution in [2.24, 2.45) is 4.99 Å². The second-order valence-electron chi connectivity index (χ2n) is 7.35. The molecule has 3 heterocycles. The van der Waals surface area contributed by atoms with Crippen LogP contribution in [-0.4, -0.2) is 38.1 Å². The van der Waals surface area contributed by atoms with E-state index >= 15 is 0 Å². The molecule has 166 valence electrons. The fourth-order valence-corrected chi connectivity index (χ4v) is 3.69. The Morgan fingerprint density at radius 2 is 1.54 bits per heavy atom. The number of nitrogens with zero attached hydrogens (tertiary/aromatic N) is 1. The van der Waals surface area contributed by atoms with E-state index in [1.54, 1.807) is 24.3 Å². The van der Waals surface area contributed by atoms with Gasteiger partial charge in [0, 0.05) is 21.7 Å². The third-order valence-corrected chi connectivity index (χ3v) is 5.27. The first-order valence-corrected chi connectivity index (χ1v) is 9.68. The molecule has 0 unspecified atom stereocenters. The minimum atomic E-state index is -1.11. The number of hydrogen-bond donors (Lipinski definition) is 4. The summed E-state index contributed by atoms with van der Waals surface area (Å²) < 4.78 is 5.76. The number of nitrogens with one attached hydrogen (secondary N) is 1. The number of amides is 1. The van der Waals surface area contributed by atoms with Crippen LogP contribution in [0.2, 0.25) is 0 Å². The van der Waals surface area contributed by atoms with Crippen molar-refractivity contribution in [2.75, 3.05) is 0 Å². The van der Waals surface area contributed by atoms with Gasteiger partial charge in [0.1, 0.15) is 10.8 Å². The second-order valence-corrected chi connectivity index (χ2v) is 7.35. The Bertz CT molecular complexity index is 1780. The van der Waals surface area contributed by atoms with Crippen molar-refractivity contribution in [3.8, 4) is 5.88 Å². The smallest absolute Gasteiger partial charge is 1.00 e. The average molecular weight is 490 g/mol. The van der Waals surface area contributed by atoms with Crippen molar-refractivity contribution in [3.05, 3.63) is 86.6 Å². The molecule has 1 aliphatic heterocycles. The minimum absolute atomic E-state index is 0. The number of carbonyl (C=O) groups is 3. The molecule has 0 atom stereocenters. The van der Waals surface area contributed by atoms with Gasteiger partial charge in [-0.25, -0.2) is 14.6 Å². The van der Waals surface area contributed by atoms with Crippen LogP contribution in [0.15, 0.2) is 57.9 Å². The van der Waals surface area contributed by atoms with E-state index in [1.807, 2.05) is 0 Å². The van der Waals surface area contributed by atoms with Crippen molar-refractivity contribution in [2.45, 2.75) is 0 Å². The molecule has 0 saturated carbocycles. The van der Waals surface area contributed by atoms with E-state index in [4.69, 9.17) is 4.42 Å². The third kappa shape index (κ3) is 5.06. The van der Waals surface area contributed by atoms with E-state index in [1.165, 1.54) is 36.4 Å². The van der Waals surface area contributed by atoms with Crippen LogP contribution in [0.1, 0.15) is 29.1 Å². The molecule has 35 heavy (non-hydrogen) atoms.